The van der Waals surface area contributed by atoms with Gasteiger partial charge in [-0.25, -0.2) is 4.99 Å². The average Bonchev–Trinajstić information content (AvgIpc) is 2.62. The van der Waals surface area contributed by atoms with Gasteiger partial charge in [0.05, 0.1) is 6.04 Å². The highest BCUT2D eigenvalue weighted by Gasteiger charge is 2.25. The van der Waals surface area contributed by atoms with E-state index in [2.05, 4.69) is 28.6 Å². The molecule has 1 amide bonds. The van der Waals surface area contributed by atoms with Gasteiger partial charge in [-0.15, -0.1) is 0 Å². The molecule has 0 spiro atoms. The summed E-state index contributed by atoms with van der Waals surface area (Å²) in [6.45, 7) is 8.81. The van der Waals surface area contributed by atoms with Crippen LogP contribution in [-0.4, -0.2) is 19.0 Å². The van der Waals surface area contributed by atoms with Crippen molar-refractivity contribution in [2.45, 2.75) is 13.0 Å². The fourth-order valence-corrected chi connectivity index (χ4v) is 1.79. The Morgan fingerprint density at radius 3 is 3.06 bits per heavy atom. The number of hydrogen-bond donors (Lipinski definition) is 1. The molecule has 0 aliphatic carbocycles. The molecule has 0 fully saturated rings. The molecule has 1 N–H and O–H groups in total. The summed E-state index contributed by atoms with van der Waals surface area (Å²) in [6.07, 6.45) is 1.25. The summed E-state index contributed by atoms with van der Waals surface area (Å²) >= 11 is 0. The van der Waals surface area contributed by atoms with Crippen LogP contribution < -0.4 is 10.1 Å². The van der Waals surface area contributed by atoms with E-state index in [1.807, 2.05) is 6.92 Å². The smallest absolute Gasteiger partial charge is 0.252 e. The van der Waals surface area contributed by atoms with Gasteiger partial charge in [-0.05, 0) is 44.0 Å². The third kappa shape index (κ3) is 2.29. The standard InChI is InChI=1S/C13H13N3O2/c1-8-12-6-10(18-9(2)15-7-14-3)4-5-11(12)13(17)16-8/h4-8H,2-3H2,1H3,(H,16,17)/b15-7-. The van der Waals surface area contributed by atoms with Gasteiger partial charge in [-0.2, -0.15) is 0 Å². The van der Waals surface area contributed by atoms with Crippen molar-refractivity contribution in [3.05, 3.63) is 41.8 Å². The largest absolute Gasteiger partial charge is 0.440 e. The molecule has 0 saturated carbocycles. The van der Waals surface area contributed by atoms with Gasteiger partial charge in [-0.1, -0.05) is 0 Å². The third-order valence-corrected chi connectivity index (χ3v) is 2.60. The predicted molar refractivity (Wildman–Crippen MR) is 70.1 cm³/mol. The van der Waals surface area contributed by atoms with Crippen LogP contribution in [0.1, 0.15) is 28.9 Å². The lowest BCUT2D eigenvalue weighted by atomic mass is 10.1. The first kappa shape index (κ1) is 12.0. The molecule has 1 heterocycles. The molecule has 1 aliphatic rings. The maximum absolute atomic E-state index is 11.5. The zero-order valence-corrected chi connectivity index (χ0v) is 10.0. The van der Waals surface area contributed by atoms with Crippen molar-refractivity contribution in [2.24, 2.45) is 9.98 Å². The molecule has 92 valence electrons. The summed E-state index contributed by atoms with van der Waals surface area (Å²) in [5.41, 5.74) is 1.59. The maximum Gasteiger partial charge on any atom is 0.252 e. The summed E-state index contributed by atoms with van der Waals surface area (Å²) in [5.74, 6) is 0.743. The van der Waals surface area contributed by atoms with Gasteiger partial charge >= 0.3 is 0 Å². The van der Waals surface area contributed by atoms with Gasteiger partial charge in [-0.3, -0.25) is 9.79 Å². The highest BCUT2D eigenvalue weighted by molar-refractivity contribution is 5.99. The zero-order valence-electron chi connectivity index (χ0n) is 10.0. The molecule has 1 aromatic rings. The minimum absolute atomic E-state index is 0.0114. The molecular weight excluding hydrogens is 230 g/mol. The summed E-state index contributed by atoms with van der Waals surface area (Å²) in [7, 11) is 0. The van der Waals surface area contributed by atoms with E-state index >= 15 is 0 Å². The van der Waals surface area contributed by atoms with E-state index < -0.39 is 0 Å². The molecule has 0 saturated heterocycles. The Labute approximate surface area is 105 Å². The Kier molecular flexibility index (Phi) is 3.23. The van der Waals surface area contributed by atoms with Crippen molar-refractivity contribution >= 4 is 19.0 Å². The van der Waals surface area contributed by atoms with Gasteiger partial charge in [0.2, 0.25) is 5.88 Å². The summed E-state index contributed by atoms with van der Waals surface area (Å²) in [5, 5.41) is 2.83. The van der Waals surface area contributed by atoms with Gasteiger partial charge in [0.15, 0.2) is 0 Å². The number of carbonyl (C=O) groups excluding carboxylic acids is 1. The van der Waals surface area contributed by atoms with E-state index in [9.17, 15) is 4.79 Å². The van der Waals surface area contributed by atoms with Crippen LogP contribution in [0.4, 0.5) is 0 Å². The fourth-order valence-electron chi connectivity index (χ4n) is 1.79. The topological polar surface area (TPSA) is 63.1 Å². The fraction of sp³-hybridized carbons (Fsp3) is 0.154. The van der Waals surface area contributed by atoms with Crippen LogP contribution in [0, 0.1) is 0 Å². The molecule has 1 aromatic carbocycles. The normalized spacial score (nSPS) is 17.4. The minimum Gasteiger partial charge on any atom is -0.440 e. The van der Waals surface area contributed by atoms with E-state index in [0.717, 1.165) is 5.56 Å². The highest BCUT2D eigenvalue weighted by atomic mass is 16.5. The quantitative estimate of drug-likeness (QED) is 0.500. The van der Waals surface area contributed by atoms with E-state index in [1.165, 1.54) is 6.34 Å². The second kappa shape index (κ2) is 4.83. The summed E-state index contributed by atoms with van der Waals surface area (Å²) < 4.78 is 5.41. The Balaban J connectivity index is 2.20. The van der Waals surface area contributed by atoms with Crippen molar-refractivity contribution < 1.29 is 9.53 Å². The maximum atomic E-state index is 11.5. The number of aliphatic imine (C=N–C) groups is 2. The van der Waals surface area contributed by atoms with Crippen molar-refractivity contribution in [3.63, 3.8) is 0 Å². The number of carbonyl (C=O) groups is 1. The van der Waals surface area contributed by atoms with E-state index in [4.69, 9.17) is 4.74 Å². The van der Waals surface area contributed by atoms with Crippen LogP contribution in [0.25, 0.3) is 0 Å². The van der Waals surface area contributed by atoms with Gasteiger partial charge in [0.1, 0.15) is 12.1 Å². The molecule has 5 heteroatoms. The van der Waals surface area contributed by atoms with Crippen LogP contribution in [0.5, 0.6) is 5.75 Å². The first-order valence-electron chi connectivity index (χ1n) is 5.41. The molecule has 1 atom stereocenters. The Hall–Kier alpha value is -2.43. The molecule has 1 aliphatic heterocycles. The molecule has 0 aromatic heterocycles. The van der Waals surface area contributed by atoms with Crippen LogP contribution in [0.2, 0.25) is 0 Å². The van der Waals surface area contributed by atoms with Crippen LogP contribution in [0.15, 0.2) is 40.6 Å². The summed E-state index contributed by atoms with van der Waals surface area (Å²) in [6, 6.07) is 5.23. The average molecular weight is 243 g/mol. The van der Waals surface area contributed by atoms with Crippen LogP contribution >= 0.6 is 0 Å². The predicted octanol–water partition coefficient (Wildman–Crippen LogP) is 2.07. The molecule has 0 radical (unpaired) electrons. The van der Waals surface area contributed by atoms with Gasteiger partial charge < -0.3 is 10.1 Å². The van der Waals surface area contributed by atoms with Gasteiger partial charge in [0, 0.05) is 5.56 Å². The Morgan fingerprint density at radius 1 is 1.56 bits per heavy atom. The third-order valence-electron chi connectivity index (χ3n) is 2.60. The van der Waals surface area contributed by atoms with E-state index in [1.54, 1.807) is 18.2 Å². The Morgan fingerprint density at radius 2 is 2.33 bits per heavy atom. The number of amides is 1. The number of nitrogens with zero attached hydrogens (tertiary/aromatic N) is 2. The lowest BCUT2D eigenvalue weighted by molar-refractivity contribution is 0.0958. The summed E-state index contributed by atoms with van der Waals surface area (Å²) in [4.78, 5) is 18.8. The second-order valence-electron chi connectivity index (χ2n) is 3.87. The number of rotatable bonds is 4. The van der Waals surface area contributed by atoms with E-state index in [0.29, 0.717) is 11.3 Å². The van der Waals surface area contributed by atoms with Crippen molar-refractivity contribution in [1.82, 2.24) is 5.32 Å². The van der Waals surface area contributed by atoms with Crippen molar-refractivity contribution in [3.8, 4) is 5.75 Å². The second-order valence-corrected chi connectivity index (χ2v) is 3.87. The first-order chi connectivity index (χ1) is 8.61. The lowest BCUT2D eigenvalue weighted by Crippen LogP contribution is -2.16. The molecular formula is C13H13N3O2. The van der Waals surface area contributed by atoms with E-state index in [-0.39, 0.29) is 17.8 Å². The number of benzene rings is 1. The number of nitrogens with one attached hydrogen (secondary N) is 1. The highest BCUT2D eigenvalue weighted by Crippen LogP contribution is 2.29. The number of ether oxygens (including phenoxy) is 1. The monoisotopic (exact) mass is 243 g/mol. The van der Waals surface area contributed by atoms with Crippen molar-refractivity contribution in [1.29, 1.82) is 0 Å². The molecule has 1 unspecified atom stereocenters. The lowest BCUT2D eigenvalue weighted by Gasteiger charge is -2.07. The molecule has 5 nitrogen and oxygen atoms in total. The zero-order chi connectivity index (χ0) is 13.1. The van der Waals surface area contributed by atoms with Crippen LogP contribution in [0.3, 0.4) is 0 Å². The molecule has 18 heavy (non-hydrogen) atoms. The number of fused-ring (bicyclic) bond motifs is 1. The molecule has 0 bridgehead atoms. The SMILES string of the molecule is C=N/C=N\C(=C)Oc1ccc2c(c1)C(C)NC2=O. The first-order valence-corrected chi connectivity index (χ1v) is 5.41. The van der Waals surface area contributed by atoms with Crippen LogP contribution in [-0.2, 0) is 0 Å². The number of hydrogen-bond acceptors (Lipinski definition) is 3. The van der Waals surface area contributed by atoms with Gasteiger partial charge in [0.25, 0.3) is 5.91 Å². The minimum atomic E-state index is -0.0586. The van der Waals surface area contributed by atoms with Crippen molar-refractivity contribution in [2.75, 3.05) is 0 Å². The Bertz CT molecular complexity index is 549. The molecule has 2 rings (SSSR count).